The zero-order valence-corrected chi connectivity index (χ0v) is 17.4. The van der Waals surface area contributed by atoms with Gasteiger partial charge in [-0.05, 0) is 42.5 Å². The van der Waals surface area contributed by atoms with Gasteiger partial charge in [-0.25, -0.2) is 4.98 Å². The third-order valence-electron chi connectivity index (χ3n) is 5.29. The fourth-order valence-electron chi connectivity index (χ4n) is 3.79. The highest BCUT2D eigenvalue weighted by atomic mass is 35.5. The number of rotatable bonds is 4. The van der Waals surface area contributed by atoms with Crippen molar-refractivity contribution in [1.82, 2.24) is 4.98 Å². The van der Waals surface area contributed by atoms with E-state index >= 15 is 0 Å². The molecule has 4 aromatic rings. The molecule has 3 heterocycles. The molecule has 1 N–H and O–H groups in total. The second-order valence-electron chi connectivity index (χ2n) is 7.26. The summed E-state index contributed by atoms with van der Waals surface area (Å²) in [4.78, 5) is 20.3. The van der Waals surface area contributed by atoms with Gasteiger partial charge in [-0.3, -0.25) is 4.79 Å². The van der Waals surface area contributed by atoms with Crippen molar-refractivity contribution >= 4 is 39.8 Å². The molecule has 1 aliphatic heterocycles. The van der Waals surface area contributed by atoms with Crippen LogP contribution in [0.25, 0.3) is 22.4 Å². The van der Waals surface area contributed by atoms with E-state index in [9.17, 15) is 4.79 Å². The first-order chi connectivity index (χ1) is 15.2. The van der Waals surface area contributed by atoms with Crippen molar-refractivity contribution in [1.29, 1.82) is 0 Å². The number of furan rings is 1. The van der Waals surface area contributed by atoms with Gasteiger partial charge in [0.1, 0.15) is 5.69 Å². The third-order valence-corrected chi connectivity index (χ3v) is 5.53. The Bertz CT molecular complexity index is 1230. The molecule has 1 fully saturated rings. The molecule has 1 amide bonds. The molecule has 7 heteroatoms. The number of morpholine rings is 1. The van der Waals surface area contributed by atoms with Crippen LogP contribution in [0.15, 0.2) is 71.3 Å². The topological polar surface area (TPSA) is 67.6 Å². The first-order valence-corrected chi connectivity index (χ1v) is 10.4. The van der Waals surface area contributed by atoms with Gasteiger partial charge in [0.25, 0.3) is 5.91 Å². The van der Waals surface area contributed by atoms with E-state index in [0.717, 1.165) is 29.7 Å². The summed E-state index contributed by atoms with van der Waals surface area (Å²) in [6, 6.07) is 18.5. The smallest absolute Gasteiger partial charge is 0.256 e. The van der Waals surface area contributed by atoms with Crippen LogP contribution in [0.1, 0.15) is 10.4 Å². The van der Waals surface area contributed by atoms with Gasteiger partial charge in [-0.2, -0.15) is 0 Å². The fraction of sp³-hybridized carbons (Fsp3) is 0.167. The minimum absolute atomic E-state index is 0.233. The molecule has 0 bridgehead atoms. The van der Waals surface area contributed by atoms with Gasteiger partial charge in [0.2, 0.25) is 0 Å². The molecule has 0 spiro atoms. The lowest BCUT2D eigenvalue weighted by Gasteiger charge is -2.30. The number of hydrogen-bond donors (Lipinski definition) is 1. The maximum atomic E-state index is 13.4. The normalized spacial score (nSPS) is 14.0. The molecule has 0 unspecified atom stereocenters. The van der Waals surface area contributed by atoms with Gasteiger partial charge in [0, 0.05) is 23.5 Å². The van der Waals surface area contributed by atoms with Crippen molar-refractivity contribution in [3.63, 3.8) is 0 Å². The number of carbonyl (C=O) groups excluding carboxylic acids is 1. The van der Waals surface area contributed by atoms with E-state index in [1.54, 1.807) is 24.5 Å². The van der Waals surface area contributed by atoms with E-state index < -0.39 is 0 Å². The second kappa shape index (κ2) is 8.41. The zero-order chi connectivity index (χ0) is 21.2. The number of nitrogens with zero attached hydrogens (tertiary/aromatic N) is 2. The molecule has 31 heavy (non-hydrogen) atoms. The highest BCUT2D eigenvalue weighted by Gasteiger charge is 2.19. The minimum Gasteiger partial charge on any atom is -0.463 e. The van der Waals surface area contributed by atoms with Crippen molar-refractivity contribution in [3.8, 4) is 11.5 Å². The summed E-state index contributed by atoms with van der Waals surface area (Å²) in [6.07, 6.45) is 1.59. The van der Waals surface area contributed by atoms with Crippen molar-refractivity contribution in [3.05, 3.63) is 77.5 Å². The minimum atomic E-state index is -0.233. The number of halogens is 1. The Hall–Kier alpha value is -3.35. The number of pyridine rings is 1. The standard InChI is InChI=1S/C24H20ClN3O3/c25-16-7-8-22(28-9-12-30-13-10-28)20(14-16)27-24(29)18-15-21(23-6-3-11-31-23)26-19-5-2-1-4-17(18)19/h1-8,11,14-15H,9-10,12-13H2,(H,27,29). The monoisotopic (exact) mass is 433 g/mol. The Balaban J connectivity index is 1.55. The van der Waals surface area contributed by atoms with E-state index in [1.807, 2.05) is 42.5 Å². The lowest BCUT2D eigenvalue weighted by molar-refractivity contribution is 0.102. The van der Waals surface area contributed by atoms with E-state index in [4.69, 9.17) is 20.8 Å². The summed E-state index contributed by atoms with van der Waals surface area (Å²) < 4.78 is 11.0. The number of aromatic nitrogens is 1. The quantitative estimate of drug-likeness (QED) is 0.477. The highest BCUT2D eigenvalue weighted by Crippen LogP contribution is 2.31. The number of hydrogen-bond acceptors (Lipinski definition) is 5. The molecule has 1 saturated heterocycles. The number of benzene rings is 2. The van der Waals surface area contributed by atoms with Crippen LogP contribution in [0.5, 0.6) is 0 Å². The maximum absolute atomic E-state index is 13.4. The average Bonchev–Trinajstić information content (AvgIpc) is 3.34. The van der Waals surface area contributed by atoms with Gasteiger partial charge in [-0.1, -0.05) is 29.8 Å². The summed E-state index contributed by atoms with van der Waals surface area (Å²) in [5.74, 6) is 0.375. The third kappa shape index (κ3) is 4.00. The van der Waals surface area contributed by atoms with Crippen LogP contribution in [0.2, 0.25) is 5.02 Å². The largest absolute Gasteiger partial charge is 0.463 e. The van der Waals surface area contributed by atoms with Gasteiger partial charge in [-0.15, -0.1) is 0 Å². The molecule has 5 rings (SSSR count). The van der Waals surface area contributed by atoms with E-state index in [0.29, 0.717) is 40.9 Å². The number of fused-ring (bicyclic) bond motifs is 1. The van der Waals surface area contributed by atoms with Gasteiger partial charge in [0.05, 0.1) is 41.9 Å². The van der Waals surface area contributed by atoms with Gasteiger partial charge < -0.3 is 19.4 Å². The molecule has 0 atom stereocenters. The van der Waals surface area contributed by atoms with Crippen LogP contribution >= 0.6 is 11.6 Å². The summed E-state index contributed by atoms with van der Waals surface area (Å²) >= 11 is 6.26. The molecular formula is C24H20ClN3O3. The Labute approximate surface area is 184 Å². The molecule has 2 aromatic heterocycles. The molecule has 0 radical (unpaired) electrons. The van der Waals surface area contributed by atoms with E-state index in [2.05, 4.69) is 15.2 Å². The Morgan fingerprint density at radius 3 is 2.68 bits per heavy atom. The summed E-state index contributed by atoms with van der Waals surface area (Å²) in [6.45, 7) is 2.81. The molecular weight excluding hydrogens is 414 g/mol. The van der Waals surface area contributed by atoms with Crippen molar-refractivity contribution in [2.75, 3.05) is 36.5 Å². The Kier molecular flexibility index (Phi) is 5.32. The predicted molar refractivity (Wildman–Crippen MR) is 122 cm³/mol. The Morgan fingerprint density at radius 1 is 1.03 bits per heavy atom. The second-order valence-corrected chi connectivity index (χ2v) is 7.70. The van der Waals surface area contributed by atoms with Crippen LogP contribution in [0.4, 0.5) is 11.4 Å². The molecule has 6 nitrogen and oxygen atoms in total. The molecule has 0 aliphatic carbocycles. The van der Waals surface area contributed by atoms with Crippen LogP contribution in [0.3, 0.4) is 0 Å². The van der Waals surface area contributed by atoms with E-state index in [1.165, 1.54) is 0 Å². The number of amides is 1. The molecule has 1 aliphatic rings. The number of anilines is 2. The van der Waals surface area contributed by atoms with Gasteiger partial charge >= 0.3 is 0 Å². The van der Waals surface area contributed by atoms with Crippen molar-refractivity contribution < 1.29 is 13.9 Å². The average molecular weight is 434 g/mol. The number of ether oxygens (including phenoxy) is 1. The lowest BCUT2D eigenvalue weighted by atomic mass is 10.1. The number of carbonyl (C=O) groups is 1. The molecule has 2 aromatic carbocycles. The van der Waals surface area contributed by atoms with E-state index in [-0.39, 0.29) is 5.91 Å². The predicted octanol–water partition coefficient (Wildman–Crippen LogP) is 5.24. The SMILES string of the molecule is O=C(Nc1cc(Cl)ccc1N1CCOCC1)c1cc(-c2ccco2)nc2ccccc12. The highest BCUT2D eigenvalue weighted by molar-refractivity contribution is 6.31. The van der Waals surface area contributed by atoms with Crippen molar-refractivity contribution in [2.45, 2.75) is 0 Å². The van der Waals surface area contributed by atoms with Gasteiger partial charge in [0.15, 0.2) is 5.76 Å². The number of para-hydroxylation sites is 1. The van der Waals surface area contributed by atoms with Crippen LogP contribution in [-0.2, 0) is 4.74 Å². The summed E-state index contributed by atoms with van der Waals surface area (Å²) in [5, 5.41) is 4.39. The van der Waals surface area contributed by atoms with Crippen LogP contribution in [0, 0.1) is 0 Å². The lowest BCUT2D eigenvalue weighted by Crippen LogP contribution is -2.36. The van der Waals surface area contributed by atoms with Crippen LogP contribution in [-0.4, -0.2) is 37.2 Å². The zero-order valence-electron chi connectivity index (χ0n) is 16.7. The maximum Gasteiger partial charge on any atom is 0.256 e. The first kappa shape index (κ1) is 19.6. The summed E-state index contributed by atoms with van der Waals surface area (Å²) in [5.41, 5.74) is 3.44. The Morgan fingerprint density at radius 2 is 1.87 bits per heavy atom. The summed E-state index contributed by atoms with van der Waals surface area (Å²) in [7, 11) is 0. The first-order valence-electron chi connectivity index (χ1n) is 10.1. The molecule has 0 saturated carbocycles. The van der Waals surface area contributed by atoms with Crippen molar-refractivity contribution in [2.24, 2.45) is 0 Å². The fourth-order valence-corrected chi connectivity index (χ4v) is 3.96. The molecule has 156 valence electrons. The van der Waals surface area contributed by atoms with Crippen LogP contribution < -0.4 is 10.2 Å². The number of nitrogens with one attached hydrogen (secondary N) is 1.